The van der Waals surface area contributed by atoms with Crippen LogP contribution in [-0.4, -0.2) is 19.3 Å². The van der Waals surface area contributed by atoms with Gasteiger partial charge < -0.3 is 0 Å². The van der Waals surface area contributed by atoms with E-state index >= 15 is 0 Å². The molecule has 1 aliphatic carbocycles. The summed E-state index contributed by atoms with van der Waals surface area (Å²) in [6.45, 7) is 2.19. The highest BCUT2D eigenvalue weighted by Crippen LogP contribution is 2.35. The van der Waals surface area contributed by atoms with Gasteiger partial charge >= 0.3 is 0 Å². The van der Waals surface area contributed by atoms with Crippen LogP contribution < -0.4 is 4.72 Å². The molecular weight excluding hydrogens is 397 g/mol. The van der Waals surface area contributed by atoms with Gasteiger partial charge in [0.25, 0.3) is 0 Å². The number of hydrogen-bond acceptors (Lipinski definition) is 2. The summed E-state index contributed by atoms with van der Waals surface area (Å²) < 4.78 is 28.1. The molecule has 7 heteroatoms. The summed E-state index contributed by atoms with van der Waals surface area (Å²) in [5.74, 6) is 0.636. The monoisotopic (exact) mass is 413 g/mol. The maximum absolute atomic E-state index is 12.6. The molecule has 0 saturated heterocycles. The van der Waals surface area contributed by atoms with Crippen molar-refractivity contribution in [1.82, 2.24) is 4.72 Å². The minimum atomic E-state index is -3.70. The summed E-state index contributed by atoms with van der Waals surface area (Å²) >= 11 is 15.4. The third kappa shape index (κ3) is 4.14. The predicted molar refractivity (Wildman–Crippen MR) is 90.9 cm³/mol. The summed E-state index contributed by atoms with van der Waals surface area (Å²) in [5.41, 5.74) is -0.447. The van der Waals surface area contributed by atoms with Crippen LogP contribution in [0.25, 0.3) is 0 Å². The van der Waals surface area contributed by atoms with E-state index in [4.69, 9.17) is 23.2 Å². The summed E-state index contributed by atoms with van der Waals surface area (Å²) in [5, 5.41) is 1.12. The van der Waals surface area contributed by atoms with Crippen LogP contribution in [0.5, 0.6) is 0 Å². The standard InChI is InChI=1S/C14H18BrCl2NO2S/c1-10-4-6-14(9-15,7-5-10)18-21(19,20)13-8-11(16)2-3-12(13)17/h2-3,8,10,18H,4-7,9H2,1H3. The molecule has 0 amide bonds. The lowest BCUT2D eigenvalue weighted by Gasteiger charge is -2.38. The Balaban J connectivity index is 2.29. The first-order chi connectivity index (χ1) is 9.78. The fourth-order valence-electron chi connectivity index (χ4n) is 2.60. The molecule has 0 aromatic heterocycles. The molecule has 118 valence electrons. The SMILES string of the molecule is CC1CCC(CBr)(NS(=O)(=O)c2cc(Cl)ccc2Cl)CC1. The van der Waals surface area contributed by atoms with Crippen LogP contribution in [0.2, 0.25) is 10.0 Å². The average molecular weight is 415 g/mol. The second-order valence-electron chi connectivity index (χ2n) is 5.78. The molecule has 21 heavy (non-hydrogen) atoms. The highest BCUT2D eigenvalue weighted by Gasteiger charge is 2.37. The van der Waals surface area contributed by atoms with Crippen LogP contribution >= 0.6 is 39.1 Å². The van der Waals surface area contributed by atoms with E-state index < -0.39 is 15.6 Å². The van der Waals surface area contributed by atoms with Crippen molar-refractivity contribution in [3.63, 3.8) is 0 Å². The molecule has 1 aliphatic rings. The van der Waals surface area contributed by atoms with Gasteiger partial charge in [-0.3, -0.25) is 0 Å². The van der Waals surface area contributed by atoms with Gasteiger partial charge in [-0.05, 0) is 49.8 Å². The van der Waals surface area contributed by atoms with E-state index in [1.54, 1.807) is 6.07 Å². The van der Waals surface area contributed by atoms with E-state index in [1.807, 2.05) is 0 Å². The Bertz CT molecular complexity index is 613. The molecule has 3 nitrogen and oxygen atoms in total. The summed E-state index contributed by atoms with van der Waals surface area (Å²) in [4.78, 5) is 0.0376. The van der Waals surface area contributed by atoms with Gasteiger partial charge in [0.05, 0.1) is 5.02 Å². The lowest BCUT2D eigenvalue weighted by molar-refractivity contribution is 0.250. The zero-order chi connectivity index (χ0) is 15.7. The molecule has 1 saturated carbocycles. The van der Waals surface area contributed by atoms with Gasteiger partial charge in [0.2, 0.25) is 10.0 Å². The second-order valence-corrected chi connectivity index (χ2v) is 8.83. The molecular formula is C14H18BrCl2NO2S. The zero-order valence-corrected chi connectivity index (χ0v) is 15.6. The van der Waals surface area contributed by atoms with E-state index in [0.717, 1.165) is 25.7 Å². The van der Waals surface area contributed by atoms with Crippen LogP contribution in [0.15, 0.2) is 23.1 Å². The van der Waals surface area contributed by atoms with Gasteiger partial charge in [-0.15, -0.1) is 0 Å². The molecule has 0 aliphatic heterocycles. The molecule has 1 N–H and O–H groups in total. The van der Waals surface area contributed by atoms with Crippen LogP contribution in [0.1, 0.15) is 32.6 Å². The van der Waals surface area contributed by atoms with E-state index in [0.29, 0.717) is 16.3 Å². The van der Waals surface area contributed by atoms with Crippen molar-refractivity contribution >= 4 is 49.2 Å². The Morgan fingerprint density at radius 1 is 1.33 bits per heavy atom. The predicted octanol–water partition coefficient (Wildman–Crippen LogP) is 4.62. The van der Waals surface area contributed by atoms with E-state index in [-0.39, 0.29) is 9.92 Å². The van der Waals surface area contributed by atoms with Gasteiger partial charge in [-0.1, -0.05) is 46.1 Å². The average Bonchev–Trinajstić information content (AvgIpc) is 2.44. The first-order valence-corrected chi connectivity index (χ1v) is 10.2. The number of rotatable bonds is 4. The Morgan fingerprint density at radius 2 is 1.95 bits per heavy atom. The highest BCUT2D eigenvalue weighted by atomic mass is 79.9. The van der Waals surface area contributed by atoms with Crippen molar-refractivity contribution in [2.45, 2.75) is 43.0 Å². The number of benzene rings is 1. The van der Waals surface area contributed by atoms with Crippen LogP contribution in [0, 0.1) is 5.92 Å². The number of hydrogen-bond donors (Lipinski definition) is 1. The first-order valence-electron chi connectivity index (χ1n) is 6.83. The molecule has 0 unspecified atom stereocenters. The van der Waals surface area contributed by atoms with Crippen molar-refractivity contribution in [3.8, 4) is 0 Å². The Labute approximate surface area is 144 Å². The normalized spacial score (nSPS) is 26.8. The van der Waals surface area contributed by atoms with E-state index in [2.05, 4.69) is 27.6 Å². The molecule has 2 rings (SSSR count). The largest absolute Gasteiger partial charge is 0.242 e. The van der Waals surface area contributed by atoms with Crippen molar-refractivity contribution < 1.29 is 8.42 Å². The second kappa shape index (κ2) is 6.75. The van der Waals surface area contributed by atoms with Gasteiger partial charge in [0.1, 0.15) is 4.90 Å². The van der Waals surface area contributed by atoms with Crippen molar-refractivity contribution in [2.75, 3.05) is 5.33 Å². The number of alkyl halides is 1. The van der Waals surface area contributed by atoms with Crippen molar-refractivity contribution in [1.29, 1.82) is 0 Å². The fourth-order valence-corrected chi connectivity index (χ4v) is 5.71. The molecule has 0 bridgehead atoms. The van der Waals surface area contributed by atoms with Gasteiger partial charge in [0, 0.05) is 15.9 Å². The summed E-state index contributed by atoms with van der Waals surface area (Å²) in [6, 6.07) is 4.47. The van der Waals surface area contributed by atoms with E-state index in [1.165, 1.54) is 12.1 Å². The number of halogens is 3. The zero-order valence-electron chi connectivity index (χ0n) is 11.7. The molecule has 1 aromatic carbocycles. The van der Waals surface area contributed by atoms with Crippen molar-refractivity contribution in [3.05, 3.63) is 28.2 Å². The third-order valence-corrected chi connectivity index (χ3v) is 7.39. The Kier molecular flexibility index (Phi) is 5.64. The smallest absolute Gasteiger partial charge is 0.207 e. The van der Waals surface area contributed by atoms with Gasteiger partial charge in [-0.25, -0.2) is 13.1 Å². The Morgan fingerprint density at radius 3 is 2.52 bits per heavy atom. The maximum Gasteiger partial charge on any atom is 0.242 e. The van der Waals surface area contributed by atoms with Gasteiger partial charge in [-0.2, -0.15) is 0 Å². The van der Waals surface area contributed by atoms with Crippen LogP contribution in [-0.2, 0) is 10.0 Å². The van der Waals surface area contributed by atoms with Crippen molar-refractivity contribution in [2.24, 2.45) is 5.92 Å². The fraction of sp³-hybridized carbons (Fsp3) is 0.571. The third-order valence-electron chi connectivity index (χ3n) is 4.02. The van der Waals surface area contributed by atoms with E-state index in [9.17, 15) is 8.42 Å². The lowest BCUT2D eigenvalue weighted by atomic mass is 9.79. The first kappa shape index (κ1) is 17.5. The molecule has 0 heterocycles. The number of nitrogens with one attached hydrogen (secondary N) is 1. The molecule has 1 aromatic rings. The topological polar surface area (TPSA) is 46.2 Å². The molecule has 0 atom stereocenters. The minimum absolute atomic E-state index is 0.0376. The Hall–Kier alpha value is 0.190. The molecule has 0 radical (unpaired) electrons. The van der Waals surface area contributed by atoms with Crippen LogP contribution in [0.4, 0.5) is 0 Å². The number of sulfonamides is 1. The lowest BCUT2D eigenvalue weighted by Crippen LogP contribution is -2.51. The summed E-state index contributed by atoms with van der Waals surface area (Å²) in [7, 11) is -3.70. The quantitative estimate of drug-likeness (QED) is 0.730. The molecule has 1 fully saturated rings. The summed E-state index contributed by atoms with van der Waals surface area (Å²) in [6.07, 6.45) is 3.66. The highest BCUT2D eigenvalue weighted by molar-refractivity contribution is 9.09. The maximum atomic E-state index is 12.6. The molecule has 0 spiro atoms. The van der Waals surface area contributed by atoms with Gasteiger partial charge in [0.15, 0.2) is 0 Å². The van der Waals surface area contributed by atoms with Crippen LogP contribution in [0.3, 0.4) is 0 Å². The minimum Gasteiger partial charge on any atom is -0.207 e.